The Kier molecular flexibility index (Phi) is 13.9. The van der Waals surface area contributed by atoms with Gasteiger partial charge in [-0.3, -0.25) is 14.3 Å². The number of carboxylic acids is 3. The van der Waals surface area contributed by atoms with E-state index in [1.807, 2.05) is 4.98 Å². The van der Waals surface area contributed by atoms with Crippen molar-refractivity contribution in [3.63, 3.8) is 0 Å². The summed E-state index contributed by atoms with van der Waals surface area (Å²) in [6.45, 7) is -0.479. The summed E-state index contributed by atoms with van der Waals surface area (Å²) >= 11 is 0. The van der Waals surface area contributed by atoms with Gasteiger partial charge in [0.15, 0.2) is 6.23 Å². The minimum absolute atomic E-state index is 0.331. The summed E-state index contributed by atoms with van der Waals surface area (Å²) in [7, 11) is 0. The summed E-state index contributed by atoms with van der Waals surface area (Å²) in [4.78, 5) is 54.9. The summed E-state index contributed by atoms with van der Waals surface area (Å²) in [5, 5.41) is 53.2. The van der Waals surface area contributed by atoms with Gasteiger partial charge in [-0.2, -0.15) is 0 Å². The highest BCUT2D eigenvalue weighted by atomic mass is 16.6. The van der Waals surface area contributed by atoms with E-state index in [-0.39, 0.29) is 0 Å². The largest absolute Gasteiger partial charge is 0.478 e. The molecule has 1 aliphatic rings. The molecule has 3 aromatic carbocycles. The number of hydrogen-bond acceptors (Lipinski definition) is 9. The number of aliphatic hydroxyl groups is 3. The third kappa shape index (κ3) is 10.8. The molecule has 0 unspecified atom stereocenters. The fourth-order valence-electron chi connectivity index (χ4n) is 3.48. The molecule has 2 heterocycles. The molecule has 0 bridgehead atoms. The number of aromatic amines is 1. The van der Waals surface area contributed by atoms with Gasteiger partial charge in [-0.05, 0) is 36.4 Å². The van der Waals surface area contributed by atoms with Crippen LogP contribution in [0.15, 0.2) is 113 Å². The van der Waals surface area contributed by atoms with Crippen molar-refractivity contribution in [2.75, 3.05) is 6.61 Å². The van der Waals surface area contributed by atoms with Gasteiger partial charge in [0.25, 0.3) is 5.56 Å². The Labute approximate surface area is 249 Å². The van der Waals surface area contributed by atoms with Crippen molar-refractivity contribution in [1.29, 1.82) is 0 Å². The SMILES string of the molecule is O=C(O)c1ccccc1.O=C(O)c1ccccc1.O=C(O)c1ccccc1.O=c1ccn([C@@H]2O[C@H](CO)[C@@H](O)[C@H]2O)c(=O)[nH]1. The first-order valence-electron chi connectivity index (χ1n) is 12.7. The molecule has 4 atom stereocenters. The second-order valence-corrected chi connectivity index (χ2v) is 8.76. The van der Waals surface area contributed by atoms with Crippen molar-refractivity contribution in [3.05, 3.63) is 141 Å². The van der Waals surface area contributed by atoms with E-state index in [1.54, 1.807) is 91.0 Å². The van der Waals surface area contributed by atoms with Crippen LogP contribution in [-0.4, -0.2) is 83.0 Å². The number of aliphatic hydroxyl groups excluding tert-OH is 3. The monoisotopic (exact) mass is 610 g/mol. The number of ether oxygens (including phenoxy) is 1. The van der Waals surface area contributed by atoms with Gasteiger partial charge in [-0.15, -0.1) is 0 Å². The molecule has 0 spiro atoms. The molecule has 232 valence electrons. The summed E-state index contributed by atoms with van der Waals surface area (Å²) in [5.41, 5.74) is -0.335. The van der Waals surface area contributed by atoms with Crippen LogP contribution in [-0.2, 0) is 4.74 Å². The molecule has 0 saturated carbocycles. The third-order valence-electron chi connectivity index (χ3n) is 5.70. The van der Waals surface area contributed by atoms with E-state index >= 15 is 0 Å². The van der Waals surface area contributed by atoms with Crippen molar-refractivity contribution in [2.45, 2.75) is 24.5 Å². The van der Waals surface area contributed by atoms with Crippen molar-refractivity contribution in [1.82, 2.24) is 9.55 Å². The highest BCUT2D eigenvalue weighted by Gasteiger charge is 2.43. The third-order valence-corrected chi connectivity index (χ3v) is 5.70. The van der Waals surface area contributed by atoms with E-state index in [0.717, 1.165) is 16.8 Å². The van der Waals surface area contributed by atoms with Gasteiger partial charge in [0.1, 0.15) is 18.3 Å². The number of nitrogens with one attached hydrogen (secondary N) is 1. The number of hydrogen-bond donors (Lipinski definition) is 7. The first-order valence-corrected chi connectivity index (χ1v) is 12.7. The highest BCUT2D eigenvalue weighted by Crippen LogP contribution is 2.27. The maximum Gasteiger partial charge on any atom is 0.335 e. The maximum atomic E-state index is 11.4. The molecule has 1 aromatic heterocycles. The van der Waals surface area contributed by atoms with Gasteiger partial charge in [0.2, 0.25) is 0 Å². The summed E-state index contributed by atoms with van der Waals surface area (Å²) in [6.07, 6.45) is -3.58. The van der Waals surface area contributed by atoms with E-state index in [2.05, 4.69) is 0 Å². The van der Waals surface area contributed by atoms with Crippen LogP contribution in [0.3, 0.4) is 0 Å². The number of rotatable bonds is 5. The van der Waals surface area contributed by atoms with Gasteiger partial charge in [-0.1, -0.05) is 54.6 Å². The van der Waals surface area contributed by atoms with Gasteiger partial charge in [0, 0.05) is 12.3 Å². The number of carbonyl (C=O) groups is 3. The molecule has 44 heavy (non-hydrogen) atoms. The Bertz CT molecular complexity index is 1470. The van der Waals surface area contributed by atoms with Gasteiger partial charge >= 0.3 is 23.6 Å². The minimum atomic E-state index is -1.35. The summed E-state index contributed by atoms with van der Waals surface area (Å²) in [5.74, 6) is -2.64. The molecular formula is C30H30N2O12. The summed E-state index contributed by atoms with van der Waals surface area (Å²) < 4.78 is 6.08. The van der Waals surface area contributed by atoms with E-state index in [4.69, 9.17) is 25.2 Å². The van der Waals surface area contributed by atoms with E-state index in [1.165, 1.54) is 0 Å². The molecule has 1 aliphatic heterocycles. The molecule has 0 aliphatic carbocycles. The number of nitrogens with zero attached hydrogens (tertiary/aromatic N) is 1. The molecule has 1 fully saturated rings. The van der Waals surface area contributed by atoms with E-state index in [9.17, 15) is 34.2 Å². The zero-order valence-electron chi connectivity index (χ0n) is 22.9. The standard InChI is InChI=1S/C9H12N2O6.3C7H6O2/c12-3-4-6(14)7(15)8(17-4)11-2-1-5(13)10-9(11)16;3*8-7(9)6-4-2-1-3-5-6/h1-2,4,6-8,12,14-15H,3H2,(H,10,13,16);3*1-5H,(H,8,9)/t4-,6-,7-,8-;;;/m1.../s1. The highest BCUT2D eigenvalue weighted by molar-refractivity contribution is 5.88. The van der Waals surface area contributed by atoms with Crippen LogP contribution in [0.5, 0.6) is 0 Å². The molecular weight excluding hydrogens is 580 g/mol. The van der Waals surface area contributed by atoms with Crippen LogP contribution in [0.2, 0.25) is 0 Å². The van der Waals surface area contributed by atoms with E-state index < -0.39 is 60.3 Å². The normalized spacial score (nSPS) is 18.2. The fourth-order valence-corrected chi connectivity index (χ4v) is 3.48. The van der Waals surface area contributed by atoms with Crippen molar-refractivity contribution >= 4 is 17.9 Å². The van der Waals surface area contributed by atoms with Gasteiger partial charge in [-0.25, -0.2) is 19.2 Å². The molecule has 4 aromatic rings. The predicted octanol–water partition coefficient (Wildman–Crippen LogP) is 1.30. The van der Waals surface area contributed by atoms with Crippen LogP contribution < -0.4 is 11.2 Å². The Hall–Kier alpha value is -5.41. The zero-order valence-corrected chi connectivity index (χ0v) is 22.9. The molecule has 14 heteroatoms. The minimum Gasteiger partial charge on any atom is -0.478 e. The maximum absolute atomic E-state index is 11.4. The number of benzene rings is 3. The number of aromatic carboxylic acids is 3. The van der Waals surface area contributed by atoms with Crippen LogP contribution in [0.1, 0.15) is 37.3 Å². The Morgan fingerprint density at radius 2 is 1.05 bits per heavy atom. The average Bonchev–Trinajstić information content (AvgIpc) is 3.32. The first kappa shape index (κ1) is 34.8. The molecule has 0 radical (unpaired) electrons. The number of H-pyrrole nitrogens is 1. The molecule has 1 saturated heterocycles. The Morgan fingerprint density at radius 1 is 0.659 bits per heavy atom. The van der Waals surface area contributed by atoms with Crippen molar-refractivity contribution in [3.8, 4) is 0 Å². The van der Waals surface area contributed by atoms with Gasteiger partial charge < -0.3 is 35.4 Å². The molecule has 0 amide bonds. The second-order valence-electron chi connectivity index (χ2n) is 8.76. The second kappa shape index (κ2) is 17.5. The topological polar surface area (TPSA) is 237 Å². The lowest BCUT2D eigenvalue weighted by Gasteiger charge is -2.16. The molecule has 7 N–H and O–H groups in total. The van der Waals surface area contributed by atoms with Crippen molar-refractivity contribution < 1.29 is 49.8 Å². The van der Waals surface area contributed by atoms with Crippen molar-refractivity contribution in [2.24, 2.45) is 0 Å². The van der Waals surface area contributed by atoms with Crippen LogP contribution in [0, 0.1) is 0 Å². The average molecular weight is 611 g/mol. The zero-order chi connectivity index (χ0) is 32.6. The summed E-state index contributed by atoms with van der Waals surface area (Å²) in [6, 6.07) is 26.0. The fraction of sp³-hybridized carbons (Fsp3) is 0.167. The Morgan fingerprint density at radius 3 is 1.32 bits per heavy atom. The lowest BCUT2D eigenvalue weighted by Crippen LogP contribution is -2.37. The number of aromatic nitrogens is 2. The van der Waals surface area contributed by atoms with Crippen LogP contribution >= 0.6 is 0 Å². The van der Waals surface area contributed by atoms with Crippen LogP contribution in [0.4, 0.5) is 0 Å². The quantitative estimate of drug-likeness (QED) is 0.169. The first-order chi connectivity index (χ1) is 21.0. The molecule has 14 nitrogen and oxygen atoms in total. The number of carboxylic acid groups (broad SMARTS) is 3. The lowest BCUT2D eigenvalue weighted by molar-refractivity contribution is -0.0550. The molecule has 5 rings (SSSR count). The van der Waals surface area contributed by atoms with Gasteiger partial charge in [0.05, 0.1) is 23.3 Å². The van der Waals surface area contributed by atoms with Crippen LogP contribution in [0.25, 0.3) is 0 Å². The lowest BCUT2D eigenvalue weighted by atomic mass is 10.1. The smallest absolute Gasteiger partial charge is 0.335 e. The Balaban J connectivity index is 0.000000216. The van der Waals surface area contributed by atoms with E-state index in [0.29, 0.717) is 16.7 Å². The predicted molar refractivity (Wildman–Crippen MR) is 155 cm³/mol.